The summed E-state index contributed by atoms with van der Waals surface area (Å²) in [5, 5.41) is 0.403. The molecule has 3 heteroatoms. The second-order valence-electron chi connectivity index (χ2n) is 6.86. The first-order valence-corrected chi connectivity index (χ1v) is 12.3. The first kappa shape index (κ1) is 19.2. The normalized spacial score (nSPS) is 25.1. The van der Waals surface area contributed by atoms with Crippen molar-refractivity contribution in [1.82, 2.24) is 0 Å². The van der Waals surface area contributed by atoms with E-state index in [-0.39, 0.29) is 10.5 Å². The van der Waals surface area contributed by atoms with Gasteiger partial charge in [0, 0.05) is 0 Å². The quantitative estimate of drug-likeness (QED) is 0.404. The molecule has 2 unspecified atom stereocenters. The van der Waals surface area contributed by atoms with E-state index in [1.54, 1.807) is 0 Å². The van der Waals surface area contributed by atoms with Gasteiger partial charge < -0.3 is 0 Å². The van der Waals surface area contributed by atoms with Crippen LogP contribution < -0.4 is 0 Å². The van der Waals surface area contributed by atoms with Gasteiger partial charge in [0.05, 0.1) is 10.5 Å². The second-order valence-corrected chi connectivity index (χ2v) is 12.5. The van der Waals surface area contributed by atoms with Crippen LogP contribution in [0.1, 0.15) is 66.2 Å². The van der Waals surface area contributed by atoms with Crippen LogP contribution in [0.2, 0.25) is 0 Å². The maximum atomic E-state index is 7.02. The smallest absolute Gasteiger partial charge is 0.0548 e. The number of hydrogen-bond donors (Lipinski definition) is 0. The lowest BCUT2D eigenvalue weighted by Gasteiger charge is -2.37. The molecule has 0 amide bonds. The molecule has 0 N–H and O–H groups in total. The van der Waals surface area contributed by atoms with Gasteiger partial charge in [-0.05, 0) is 60.9 Å². The van der Waals surface area contributed by atoms with Crippen molar-refractivity contribution in [1.29, 1.82) is 0 Å². The maximum Gasteiger partial charge on any atom is 0.0548 e. The summed E-state index contributed by atoms with van der Waals surface area (Å²) in [6, 6.07) is 0. The Kier molecular flexibility index (Phi) is 6.95. The Labute approximate surface area is 153 Å². The van der Waals surface area contributed by atoms with Crippen LogP contribution in [0.15, 0.2) is 46.6 Å². The molecule has 0 saturated heterocycles. The highest BCUT2D eigenvalue weighted by molar-refractivity contribution is 8.67. The molecule has 130 valence electrons. The fourth-order valence-corrected chi connectivity index (χ4v) is 7.86. The molecule has 0 spiro atoms. The lowest BCUT2D eigenvalue weighted by Crippen LogP contribution is -2.18. The topological polar surface area (TPSA) is 0 Å². The van der Waals surface area contributed by atoms with Gasteiger partial charge in [0.15, 0.2) is 0 Å². The van der Waals surface area contributed by atoms with Gasteiger partial charge in [0.25, 0.3) is 0 Å². The fourth-order valence-electron chi connectivity index (χ4n) is 3.41. The molecule has 0 saturated carbocycles. The summed E-state index contributed by atoms with van der Waals surface area (Å²) in [6.07, 6.45) is 16.5. The maximum absolute atomic E-state index is 7.02. The Morgan fingerprint density at radius 2 is 1.22 bits per heavy atom. The molecule has 2 aliphatic rings. The molecule has 23 heavy (non-hydrogen) atoms. The largest absolute Gasteiger partial charge is 0.0654 e. The number of rotatable bonds is 8. The van der Waals surface area contributed by atoms with Gasteiger partial charge in [0.1, 0.15) is 0 Å². The zero-order chi connectivity index (χ0) is 17.0. The molecule has 0 fully saturated rings. The van der Waals surface area contributed by atoms with Crippen molar-refractivity contribution in [3.8, 4) is 0 Å². The Bertz CT molecular complexity index is 504. The van der Waals surface area contributed by atoms with Crippen molar-refractivity contribution >= 4 is 29.8 Å². The molecule has 2 atom stereocenters. The minimum Gasteiger partial charge on any atom is -0.0654 e. The summed E-state index contributed by atoms with van der Waals surface area (Å²) in [5.74, 6) is 0. The van der Waals surface area contributed by atoms with E-state index in [1.807, 2.05) is 0 Å². The predicted molar refractivity (Wildman–Crippen MR) is 110 cm³/mol. The second kappa shape index (κ2) is 8.32. The molecular weight excluding hydrogens is 343 g/mol. The third-order valence-electron chi connectivity index (χ3n) is 4.77. The van der Waals surface area contributed by atoms with Gasteiger partial charge in [-0.2, -0.15) is 0 Å². The molecule has 2 rings (SSSR count). The number of hydrogen-bond acceptors (Lipinski definition) is 0. The van der Waals surface area contributed by atoms with Crippen molar-refractivity contribution in [3.05, 3.63) is 46.6 Å². The summed E-state index contributed by atoms with van der Waals surface area (Å²) in [5.41, 5.74) is 5.50. The van der Waals surface area contributed by atoms with Crippen molar-refractivity contribution in [2.45, 2.75) is 76.7 Å². The molecule has 0 aromatic carbocycles. The summed E-state index contributed by atoms with van der Waals surface area (Å²) in [6.45, 7) is 8.83. The summed E-state index contributed by atoms with van der Waals surface area (Å²) in [4.78, 5) is 0. The number of unbranched alkanes of at least 4 members (excludes halogenated alkanes) is 2. The lowest BCUT2D eigenvalue weighted by atomic mass is 10.1. The predicted octanol–water partition coefficient (Wildman–Crippen LogP) is 7.99. The van der Waals surface area contributed by atoms with Crippen molar-refractivity contribution < 1.29 is 0 Å². The number of allylic oxidation sites excluding steroid dienone is 4. The minimum atomic E-state index is -1.80. The van der Waals surface area contributed by atoms with E-state index in [0.29, 0.717) is 0 Å². The van der Waals surface area contributed by atoms with E-state index < -0.39 is 8.46 Å². The van der Waals surface area contributed by atoms with Gasteiger partial charge in [-0.25, -0.2) is 0 Å². The van der Waals surface area contributed by atoms with Gasteiger partial charge in [0.2, 0.25) is 0 Å². The third-order valence-corrected chi connectivity index (χ3v) is 9.44. The van der Waals surface area contributed by atoms with Gasteiger partial charge in [-0.1, -0.05) is 81.7 Å². The minimum absolute atomic E-state index is 0.202. The van der Waals surface area contributed by atoms with Crippen molar-refractivity contribution in [2.24, 2.45) is 0 Å². The van der Waals surface area contributed by atoms with Crippen LogP contribution in [0.25, 0.3) is 0 Å². The van der Waals surface area contributed by atoms with Gasteiger partial charge >= 0.3 is 0 Å². The van der Waals surface area contributed by atoms with E-state index in [4.69, 9.17) is 21.4 Å². The Balaban J connectivity index is 2.16. The molecule has 0 aliphatic heterocycles. The lowest BCUT2D eigenvalue weighted by molar-refractivity contribution is 0.798. The van der Waals surface area contributed by atoms with Crippen LogP contribution in [-0.2, 0) is 0 Å². The zero-order valence-electron chi connectivity index (χ0n) is 14.9. The molecular formula is C20H30Cl2S. The zero-order valence-corrected chi connectivity index (χ0v) is 17.2. The molecule has 0 bridgehead atoms. The van der Waals surface area contributed by atoms with Gasteiger partial charge in [-0.3, -0.25) is 0 Å². The van der Waals surface area contributed by atoms with Crippen LogP contribution >= 0.6 is 29.8 Å². The first-order valence-electron chi connectivity index (χ1n) is 8.88. The van der Waals surface area contributed by atoms with Crippen LogP contribution in [0.3, 0.4) is 0 Å². The molecule has 0 aromatic heterocycles. The van der Waals surface area contributed by atoms with E-state index >= 15 is 0 Å². The van der Waals surface area contributed by atoms with E-state index in [1.165, 1.54) is 48.0 Å². The summed E-state index contributed by atoms with van der Waals surface area (Å²) in [7, 11) is 12.2. The molecule has 0 heterocycles. The van der Waals surface area contributed by atoms with E-state index in [0.717, 1.165) is 12.8 Å². The van der Waals surface area contributed by atoms with Crippen LogP contribution in [0.4, 0.5) is 0 Å². The molecule has 0 nitrogen and oxygen atoms in total. The highest BCUT2D eigenvalue weighted by Crippen LogP contribution is 2.71. The molecule has 0 aromatic rings. The average molecular weight is 373 g/mol. The van der Waals surface area contributed by atoms with Crippen LogP contribution in [-0.4, -0.2) is 10.5 Å². The fraction of sp³-hybridized carbons (Fsp3) is 0.600. The SMILES string of the molecule is CCCCC1=CC(S(Cl)(Cl)C2C=C(CCCC)C=C2C)C(C)=C1. The molecule has 0 radical (unpaired) electrons. The van der Waals surface area contributed by atoms with E-state index in [9.17, 15) is 0 Å². The van der Waals surface area contributed by atoms with Crippen molar-refractivity contribution in [3.63, 3.8) is 0 Å². The highest BCUT2D eigenvalue weighted by Gasteiger charge is 2.40. The Morgan fingerprint density at radius 1 is 0.826 bits per heavy atom. The van der Waals surface area contributed by atoms with E-state index in [2.05, 4.69) is 52.0 Å². The standard InChI is InChI=1S/C20H30Cl2S/c1-5-7-9-17-11-15(3)19(13-17)23(21,22)20-14-18(10-8-6-2)12-16(20)4/h11-14,19-20H,5-10H2,1-4H3. The first-order chi connectivity index (χ1) is 10.9. The number of halogens is 2. The van der Waals surface area contributed by atoms with Gasteiger partial charge in [-0.15, -0.1) is 0 Å². The van der Waals surface area contributed by atoms with Crippen LogP contribution in [0, 0.1) is 0 Å². The van der Waals surface area contributed by atoms with Crippen LogP contribution in [0.5, 0.6) is 0 Å². The monoisotopic (exact) mass is 372 g/mol. The summed E-state index contributed by atoms with van der Waals surface area (Å²) >= 11 is 0. The highest BCUT2D eigenvalue weighted by atomic mass is 36.0. The summed E-state index contributed by atoms with van der Waals surface area (Å²) < 4.78 is 0. The third kappa shape index (κ3) is 4.50. The average Bonchev–Trinajstić information content (AvgIpc) is 3.06. The van der Waals surface area contributed by atoms with Crippen molar-refractivity contribution in [2.75, 3.05) is 0 Å². The Hall–Kier alpha value is -0.110. The molecule has 2 aliphatic carbocycles. The Morgan fingerprint density at radius 3 is 1.57 bits per heavy atom.